The molecule has 3 aliphatic rings. The topological polar surface area (TPSA) is 66.8 Å². The number of amides is 1. The third-order valence-corrected chi connectivity index (χ3v) is 6.95. The molecule has 5 nitrogen and oxygen atoms in total. The maximum atomic E-state index is 12.5. The van der Waals surface area contributed by atoms with Crippen LogP contribution in [-0.4, -0.2) is 48.0 Å². The van der Waals surface area contributed by atoms with E-state index in [1.165, 1.54) is 0 Å². The summed E-state index contributed by atoms with van der Waals surface area (Å²) in [6.45, 7) is 2.34. The van der Waals surface area contributed by atoms with E-state index in [-0.39, 0.29) is 35.6 Å². The molecule has 6 atom stereocenters. The first kappa shape index (κ1) is 16.6. The summed E-state index contributed by atoms with van der Waals surface area (Å²) in [5.41, 5.74) is 0.463. The standard InChI is InChI=1S/C20H25NO4/c1-12(23)21-10-14-5-8-18(25-2)20(11-22)17(14)9-16(19(20)21)13-3-6-15(24)7-4-13/h3-4,6-7,11,14,16-19,24H,5,8-10H2,1-2H3/t14?,16-,17-,18?,19?,20?/m1/s1. The van der Waals surface area contributed by atoms with Crippen molar-refractivity contribution >= 4 is 12.2 Å². The molecule has 4 unspecified atom stereocenters. The van der Waals surface area contributed by atoms with E-state index in [0.29, 0.717) is 5.92 Å². The van der Waals surface area contributed by atoms with Crippen LogP contribution in [0, 0.1) is 17.3 Å². The van der Waals surface area contributed by atoms with Gasteiger partial charge in [0, 0.05) is 26.5 Å². The summed E-state index contributed by atoms with van der Waals surface area (Å²) < 4.78 is 5.77. The highest BCUT2D eigenvalue weighted by Gasteiger charge is 2.68. The number of phenolic OH excluding ortho intramolecular Hbond substituents is 1. The summed E-state index contributed by atoms with van der Waals surface area (Å²) in [6, 6.07) is 7.04. The zero-order chi connectivity index (χ0) is 17.8. The number of rotatable bonds is 3. The number of likely N-dealkylation sites (tertiary alicyclic amines) is 1. The first-order valence-corrected chi connectivity index (χ1v) is 9.08. The van der Waals surface area contributed by atoms with Gasteiger partial charge in [0.05, 0.1) is 17.6 Å². The van der Waals surface area contributed by atoms with Gasteiger partial charge >= 0.3 is 0 Å². The van der Waals surface area contributed by atoms with Gasteiger partial charge in [-0.2, -0.15) is 0 Å². The molecule has 134 valence electrons. The molecule has 3 fully saturated rings. The lowest BCUT2D eigenvalue weighted by molar-refractivity contribution is -0.170. The molecule has 1 amide bonds. The minimum atomic E-state index is -0.621. The normalized spacial score (nSPS) is 39.3. The summed E-state index contributed by atoms with van der Waals surface area (Å²) in [5, 5.41) is 9.61. The number of hydrogen-bond acceptors (Lipinski definition) is 4. The highest BCUT2D eigenvalue weighted by molar-refractivity contribution is 5.77. The van der Waals surface area contributed by atoms with Gasteiger partial charge < -0.3 is 19.5 Å². The highest BCUT2D eigenvalue weighted by atomic mass is 16.5. The lowest BCUT2D eigenvalue weighted by atomic mass is 9.58. The van der Waals surface area contributed by atoms with E-state index in [1.54, 1.807) is 26.2 Å². The first-order chi connectivity index (χ1) is 12.0. The second-order valence-electron chi connectivity index (χ2n) is 7.84. The molecule has 1 N–H and O–H groups in total. The van der Waals surface area contributed by atoms with Crippen LogP contribution in [0.25, 0.3) is 0 Å². The molecule has 0 aromatic heterocycles. The summed E-state index contributed by atoms with van der Waals surface area (Å²) in [4.78, 5) is 26.8. The Hall–Kier alpha value is -1.88. The van der Waals surface area contributed by atoms with Gasteiger partial charge in [-0.05, 0) is 48.8 Å². The van der Waals surface area contributed by atoms with Gasteiger partial charge in [-0.1, -0.05) is 12.1 Å². The number of phenols is 1. The second kappa shape index (κ2) is 5.84. The molecule has 4 bridgehead atoms. The number of benzene rings is 1. The molecule has 1 saturated heterocycles. The molecule has 4 rings (SSSR count). The fraction of sp³-hybridized carbons (Fsp3) is 0.600. The van der Waals surface area contributed by atoms with Crippen molar-refractivity contribution in [2.75, 3.05) is 13.7 Å². The summed E-state index contributed by atoms with van der Waals surface area (Å²) in [5.74, 6) is 0.969. The highest BCUT2D eigenvalue weighted by Crippen LogP contribution is 2.63. The summed E-state index contributed by atoms with van der Waals surface area (Å²) in [7, 11) is 1.68. The van der Waals surface area contributed by atoms with Crippen LogP contribution in [0.5, 0.6) is 5.75 Å². The number of aldehydes is 1. The number of piperidine rings is 1. The van der Waals surface area contributed by atoms with Crippen molar-refractivity contribution in [3.63, 3.8) is 0 Å². The zero-order valence-electron chi connectivity index (χ0n) is 14.7. The maximum Gasteiger partial charge on any atom is 0.219 e. The molecule has 2 saturated carbocycles. The quantitative estimate of drug-likeness (QED) is 0.856. The second-order valence-corrected chi connectivity index (χ2v) is 7.84. The number of carbonyl (C=O) groups excluding carboxylic acids is 2. The Balaban J connectivity index is 1.85. The Labute approximate surface area is 148 Å². The van der Waals surface area contributed by atoms with Crippen molar-refractivity contribution in [2.45, 2.75) is 44.2 Å². The van der Waals surface area contributed by atoms with E-state index in [0.717, 1.165) is 37.7 Å². The molecule has 0 spiro atoms. The predicted octanol–water partition coefficient (Wildman–Crippen LogP) is 2.34. The summed E-state index contributed by atoms with van der Waals surface area (Å²) >= 11 is 0. The largest absolute Gasteiger partial charge is 0.508 e. The van der Waals surface area contributed by atoms with Crippen LogP contribution < -0.4 is 0 Å². The van der Waals surface area contributed by atoms with E-state index in [1.807, 2.05) is 17.0 Å². The van der Waals surface area contributed by atoms with Gasteiger partial charge in [0.15, 0.2) is 0 Å². The van der Waals surface area contributed by atoms with Gasteiger partial charge in [-0.3, -0.25) is 4.79 Å². The van der Waals surface area contributed by atoms with Crippen LogP contribution >= 0.6 is 0 Å². The zero-order valence-corrected chi connectivity index (χ0v) is 14.7. The van der Waals surface area contributed by atoms with Crippen LogP contribution in [0.2, 0.25) is 0 Å². The van der Waals surface area contributed by atoms with Crippen molar-refractivity contribution in [1.82, 2.24) is 4.90 Å². The summed E-state index contributed by atoms with van der Waals surface area (Å²) in [6.07, 6.45) is 3.72. The van der Waals surface area contributed by atoms with Gasteiger partial charge in [-0.15, -0.1) is 0 Å². The maximum absolute atomic E-state index is 12.5. The van der Waals surface area contributed by atoms with Gasteiger partial charge in [0.2, 0.25) is 5.91 Å². The van der Waals surface area contributed by atoms with Gasteiger partial charge in [0.1, 0.15) is 12.0 Å². The molecule has 5 heteroatoms. The Morgan fingerprint density at radius 1 is 1.32 bits per heavy atom. The van der Waals surface area contributed by atoms with Crippen molar-refractivity contribution in [2.24, 2.45) is 17.3 Å². The Morgan fingerprint density at radius 2 is 2.04 bits per heavy atom. The number of methoxy groups -OCH3 is 1. The molecule has 2 aliphatic carbocycles. The fourth-order valence-corrected chi connectivity index (χ4v) is 6.01. The average Bonchev–Trinajstić information content (AvgIpc) is 2.84. The fourth-order valence-electron chi connectivity index (χ4n) is 6.01. The van der Waals surface area contributed by atoms with Crippen molar-refractivity contribution in [3.8, 4) is 5.75 Å². The molecule has 1 aliphatic heterocycles. The average molecular weight is 343 g/mol. The SMILES string of the molecule is COC1CCC2CN(C(C)=O)C3[C@@H](c4ccc(O)cc4)C[C@H]2C13C=O. The van der Waals surface area contributed by atoms with Crippen LogP contribution in [0.1, 0.15) is 37.7 Å². The molecule has 1 aromatic carbocycles. The monoisotopic (exact) mass is 343 g/mol. The van der Waals surface area contributed by atoms with Crippen molar-refractivity contribution in [1.29, 1.82) is 0 Å². The number of aromatic hydroxyl groups is 1. The van der Waals surface area contributed by atoms with Crippen LogP contribution in [-0.2, 0) is 14.3 Å². The van der Waals surface area contributed by atoms with E-state index < -0.39 is 5.41 Å². The molecular formula is C20H25NO4. The van der Waals surface area contributed by atoms with Crippen molar-refractivity contribution < 1.29 is 19.4 Å². The lowest BCUT2D eigenvalue weighted by Crippen LogP contribution is -2.65. The number of carbonyl (C=O) groups is 2. The minimum Gasteiger partial charge on any atom is -0.508 e. The van der Waals surface area contributed by atoms with Gasteiger partial charge in [-0.25, -0.2) is 0 Å². The van der Waals surface area contributed by atoms with E-state index >= 15 is 0 Å². The smallest absolute Gasteiger partial charge is 0.219 e. The minimum absolute atomic E-state index is 0.0297. The number of ether oxygens (including phenoxy) is 1. The van der Waals surface area contributed by atoms with Gasteiger partial charge in [0.25, 0.3) is 0 Å². The number of nitrogens with zero attached hydrogens (tertiary/aromatic N) is 1. The van der Waals surface area contributed by atoms with Crippen LogP contribution in [0.4, 0.5) is 0 Å². The molecule has 1 heterocycles. The van der Waals surface area contributed by atoms with E-state index in [9.17, 15) is 14.7 Å². The van der Waals surface area contributed by atoms with E-state index in [4.69, 9.17) is 4.74 Å². The Morgan fingerprint density at radius 3 is 2.64 bits per heavy atom. The molecule has 1 aromatic rings. The predicted molar refractivity (Wildman–Crippen MR) is 92.1 cm³/mol. The third-order valence-electron chi connectivity index (χ3n) is 6.95. The Bertz CT molecular complexity index is 687. The molecule has 0 radical (unpaired) electrons. The Kier molecular flexibility index (Phi) is 3.87. The van der Waals surface area contributed by atoms with Crippen LogP contribution in [0.3, 0.4) is 0 Å². The lowest BCUT2D eigenvalue weighted by Gasteiger charge is -2.56. The number of hydrogen-bond donors (Lipinski definition) is 1. The van der Waals surface area contributed by atoms with Crippen LogP contribution in [0.15, 0.2) is 24.3 Å². The molecule has 25 heavy (non-hydrogen) atoms. The van der Waals surface area contributed by atoms with Crippen molar-refractivity contribution in [3.05, 3.63) is 29.8 Å². The first-order valence-electron chi connectivity index (χ1n) is 9.08. The van der Waals surface area contributed by atoms with E-state index in [2.05, 4.69) is 0 Å². The third kappa shape index (κ3) is 2.18. The molecular weight excluding hydrogens is 318 g/mol.